The third kappa shape index (κ3) is 42300. The molecule has 0 radical (unpaired) electrons. The van der Waals surface area contributed by atoms with Gasteiger partial charge in [-0.2, -0.15) is 0 Å². The quantitative estimate of drug-likeness (QED) is 0.176. The molecule has 0 aromatic carbocycles. The average Bonchev–Trinajstić information content (AvgIpc) is 1.76. The third-order valence-electron chi connectivity index (χ3n) is 0. The van der Waals surface area contributed by atoms with E-state index >= 15 is 0 Å². The molecule has 0 heterocycles. The standard InChI is InChI=1S/4CH3NOS.Na.H/c4*2-1(3)4;;/h4*(H3,2,3,4);;/q;;;;+1;-1. The number of primary amides is 4. The molecular formula is C4H13N4NaO4S4. The van der Waals surface area contributed by atoms with Crippen molar-refractivity contribution in [3.63, 3.8) is 0 Å². The van der Waals surface area contributed by atoms with Gasteiger partial charge in [-0.15, -0.1) is 0 Å². The maximum atomic E-state index is 9.09. The van der Waals surface area contributed by atoms with E-state index in [1.165, 1.54) is 0 Å². The Kier molecular flexibility index (Phi) is 45.0. The van der Waals surface area contributed by atoms with Gasteiger partial charge in [0.1, 0.15) is 0 Å². The molecule has 0 aliphatic heterocycles. The molecule has 0 aromatic rings. The second kappa shape index (κ2) is 25.2. The fraction of sp³-hybridized carbons (Fsp3) is 0. The summed E-state index contributed by atoms with van der Waals surface area (Å²) in [5.41, 5.74) is 17.3. The van der Waals surface area contributed by atoms with E-state index < -0.39 is 21.0 Å². The topological polar surface area (TPSA) is 172 Å². The molecule has 8 nitrogen and oxygen atoms in total. The normalized spacial score (nSPS) is 5.88. The fourth-order valence-electron chi connectivity index (χ4n) is 0. The van der Waals surface area contributed by atoms with Crippen LogP contribution in [0.25, 0.3) is 0 Å². The Labute approximate surface area is 143 Å². The van der Waals surface area contributed by atoms with Crippen LogP contribution in [0.5, 0.6) is 0 Å². The van der Waals surface area contributed by atoms with E-state index in [2.05, 4.69) is 73.4 Å². The van der Waals surface area contributed by atoms with E-state index in [9.17, 15) is 0 Å². The van der Waals surface area contributed by atoms with Crippen LogP contribution in [0.4, 0.5) is 19.2 Å². The van der Waals surface area contributed by atoms with Crippen LogP contribution in [0.3, 0.4) is 0 Å². The number of hydrogen-bond acceptors (Lipinski definition) is 4. The first-order valence-electron chi connectivity index (χ1n) is 2.87. The van der Waals surface area contributed by atoms with Crippen LogP contribution >= 0.6 is 50.5 Å². The molecule has 8 N–H and O–H groups in total. The molecule has 0 aliphatic carbocycles. The van der Waals surface area contributed by atoms with Gasteiger partial charge in [-0.3, -0.25) is 19.2 Å². The zero-order valence-electron chi connectivity index (χ0n) is 9.73. The number of carbonyl (C=O) groups is 4. The number of rotatable bonds is 0. The molecule has 0 fully saturated rings. The molecule has 0 bridgehead atoms. The number of carbonyl (C=O) groups excluding carboxylic acids is 4. The summed E-state index contributed by atoms with van der Waals surface area (Å²) >= 11 is 12.4. The molecule has 4 amide bonds. The molecule has 0 rings (SSSR count). The minimum atomic E-state index is -0.639. The molecule has 0 saturated carbocycles. The van der Waals surface area contributed by atoms with E-state index in [-0.39, 0.29) is 31.0 Å². The molecule has 13 heteroatoms. The van der Waals surface area contributed by atoms with E-state index in [1.54, 1.807) is 0 Å². The van der Waals surface area contributed by atoms with Gasteiger partial charge >= 0.3 is 29.6 Å². The van der Waals surface area contributed by atoms with Crippen LogP contribution in [0.1, 0.15) is 1.43 Å². The second-order valence-corrected chi connectivity index (χ2v) is 3.12. The van der Waals surface area contributed by atoms with Crippen molar-refractivity contribution in [3.05, 3.63) is 0 Å². The largest absolute Gasteiger partial charge is 1.00 e. The first-order valence-corrected chi connectivity index (χ1v) is 4.65. The van der Waals surface area contributed by atoms with E-state index in [0.717, 1.165) is 0 Å². The Morgan fingerprint density at radius 3 is 0.588 bits per heavy atom. The van der Waals surface area contributed by atoms with Crippen LogP contribution in [0.2, 0.25) is 0 Å². The van der Waals surface area contributed by atoms with Crippen LogP contribution in [0, 0.1) is 0 Å². The van der Waals surface area contributed by atoms with Gasteiger partial charge in [0, 0.05) is 0 Å². The summed E-state index contributed by atoms with van der Waals surface area (Å²) in [5, 5.41) is -2.56. The molecule has 0 aromatic heterocycles. The number of thiol groups is 4. The van der Waals surface area contributed by atoms with E-state index in [4.69, 9.17) is 19.2 Å². The number of nitrogens with two attached hydrogens (primary N) is 4. The number of hydrogen-bond donors (Lipinski definition) is 8. The zero-order chi connectivity index (χ0) is 14.3. The van der Waals surface area contributed by atoms with Crippen molar-refractivity contribution in [2.24, 2.45) is 22.9 Å². The molecule has 0 saturated heterocycles. The maximum absolute atomic E-state index is 9.09. The van der Waals surface area contributed by atoms with Crippen molar-refractivity contribution in [2.45, 2.75) is 0 Å². The van der Waals surface area contributed by atoms with Crippen LogP contribution in [0.15, 0.2) is 0 Å². The SMILES string of the molecule is NC(=O)S.NC(=O)S.NC(=O)S.NC(=O)S.[H-].[Na+]. The minimum Gasteiger partial charge on any atom is -1.00 e. The molecule has 17 heavy (non-hydrogen) atoms. The molecule has 0 unspecified atom stereocenters. The number of amides is 4. The van der Waals surface area contributed by atoms with Gasteiger partial charge in [0.2, 0.25) is 0 Å². The van der Waals surface area contributed by atoms with Gasteiger partial charge in [-0.05, 0) is 0 Å². The fourth-order valence-corrected chi connectivity index (χ4v) is 0. The third-order valence-corrected chi connectivity index (χ3v) is 0. The monoisotopic (exact) mass is 332 g/mol. The molecule has 0 spiro atoms. The van der Waals surface area contributed by atoms with Gasteiger partial charge in [0.15, 0.2) is 0 Å². The van der Waals surface area contributed by atoms with E-state index in [1.807, 2.05) is 0 Å². The van der Waals surface area contributed by atoms with Crippen LogP contribution < -0.4 is 52.5 Å². The Morgan fingerprint density at radius 1 is 0.588 bits per heavy atom. The maximum Gasteiger partial charge on any atom is 1.00 e. The van der Waals surface area contributed by atoms with Crippen molar-refractivity contribution in [1.82, 2.24) is 0 Å². The summed E-state index contributed by atoms with van der Waals surface area (Å²) in [6, 6.07) is 0. The second-order valence-electron chi connectivity index (χ2n) is 1.35. The molecule has 98 valence electrons. The Hall–Kier alpha value is 0.280. The molecule has 0 atom stereocenters. The van der Waals surface area contributed by atoms with Crippen molar-refractivity contribution in [2.75, 3.05) is 0 Å². The first-order chi connectivity index (χ1) is 6.93. The molecular weight excluding hydrogens is 319 g/mol. The predicted molar refractivity (Wildman–Crippen MR) is 75.4 cm³/mol. The van der Waals surface area contributed by atoms with Crippen LogP contribution in [-0.4, -0.2) is 21.0 Å². The van der Waals surface area contributed by atoms with Crippen molar-refractivity contribution >= 4 is 71.5 Å². The minimum absolute atomic E-state index is 0. The van der Waals surface area contributed by atoms with Crippen LogP contribution in [-0.2, 0) is 0 Å². The van der Waals surface area contributed by atoms with Gasteiger partial charge in [-0.25, -0.2) is 0 Å². The Morgan fingerprint density at radius 2 is 0.588 bits per heavy atom. The van der Waals surface area contributed by atoms with E-state index in [0.29, 0.717) is 0 Å². The Balaban J connectivity index is -0.0000000257. The smallest absolute Gasteiger partial charge is 1.00 e. The Bertz CT molecular complexity index is 183. The summed E-state index contributed by atoms with van der Waals surface area (Å²) in [6.07, 6.45) is 0. The first kappa shape index (κ1) is 30.4. The van der Waals surface area contributed by atoms with Gasteiger partial charge in [0.05, 0.1) is 0 Å². The van der Waals surface area contributed by atoms with Gasteiger partial charge in [-0.1, -0.05) is 50.5 Å². The van der Waals surface area contributed by atoms with Crippen molar-refractivity contribution < 1.29 is 50.2 Å². The summed E-state index contributed by atoms with van der Waals surface area (Å²) in [4.78, 5) is 36.3. The van der Waals surface area contributed by atoms with Crippen molar-refractivity contribution in [1.29, 1.82) is 0 Å². The van der Waals surface area contributed by atoms with Gasteiger partial charge in [0.25, 0.3) is 21.0 Å². The summed E-state index contributed by atoms with van der Waals surface area (Å²) in [7, 11) is 0. The average molecular weight is 332 g/mol. The van der Waals surface area contributed by atoms with Crippen molar-refractivity contribution in [3.8, 4) is 0 Å². The predicted octanol–water partition coefficient (Wildman–Crippen LogP) is -2.90. The van der Waals surface area contributed by atoms with Gasteiger partial charge < -0.3 is 24.4 Å². The summed E-state index contributed by atoms with van der Waals surface area (Å²) in [6.45, 7) is 0. The summed E-state index contributed by atoms with van der Waals surface area (Å²) < 4.78 is 0. The molecule has 0 aliphatic rings. The zero-order valence-corrected chi connectivity index (χ0v) is 14.3. The summed E-state index contributed by atoms with van der Waals surface area (Å²) in [5.74, 6) is 0.